The molecule has 2 amide bonds. The summed E-state index contributed by atoms with van der Waals surface area (Å²) in [5, 5.41) is 5.23. The van der Waals surface area contributed by atoms with Gasteiger partial charge < -0.3 is 20.1 Å². The van der Waals surface area contributed by atoms with Crippen molar-refractivity contribution >= 4 is 23.2 Å². The Morgan fingerprint density at radius 3 is 2.62 bits per heavy atom. The average Bonchev–Trinajstić information content (AvgIpc) is 3.22. The van der Waals surface area contributed by atoms with Gasteiger partial charge in [-0.2, -0.15) is 13.2 Å². The molecular formula is C20H19F3N2O4. The molecule has 0 radical (unpaired) electrons. The third-order valence-electron chi connectivity index (χ3n) is 4.14. The molecule has 1 atom stereocenters. The molecule has 2 aromatic carbocycles. The first kappa shape index (κ1) is 20.7. The number of para-hydroxylation sites is 2. The van der Waals surface area contributed by atoms with Gasteiger partial charge in [0.15, 0.2) is 6.61 Å². The highest BCUT2D eigenvalue weighted by Crippen LogP contribution is 2.27. The zero-order chi connectivity index (χ0) is 20.9. The van der Waals surface area contributed by atoms with Gasteiger partial charge >= 0.3 is 6.18 Å². The third kappa shape index (κ3) is 5.95. The van der Waals surface area contributed by atoms with Gasteiger partial charge in [-0.3, -0.25) is 9.59 Å². The molecule has 1 aliphatic heterocycles. The Morgan fingerprint density at radius 1 is 1.10 bits per heavy atom. The summed E-state index contributed by atoms with van der Waals surface area (Å²) in [6.07, 6.45) is -3.55. The van der Waals surface area contributed by atoms with Gasteiger partial charge in [-0.05, 0) is 43.2 Å². The van der Waals surface area contributed by atoms with Crippen molar-refractivity contribution in [2.24, 2.45) is 0 Å². The van der Waals surface area contributed by atoms with Crippen LogP contribution < -0.4 is 15.4 Å². The number of nitrogens with one attached hydrogen (secondary N) is 2. The number of amides is 2. The first-order chi connectivity index (χ1) is 13.8. The van der Waals surface area contributed by atoms with Crippen LogP contribution in [0.3, 0.4) is 0 Å². The van der Waals surface area contributed by atoms with Crippen LogP contribution in [-0.4, -0.2) is 37.3 Å². The number of rotatable bonds is 6. The number of hydrogen-bond acceptors (Lipinski definition) is 4. The standard InChI is InChI=1S/C20H19F3N2O4/c21-20(22,23)12-29-16-8-2-1-7-15(16)25-18(26)13-5-3-6-14(11-13)24-19(27)17-9-4-10-28-17/h1-3,5-8,11,17H,4,9-10,12H2,(H,24,27)(H,25,26)/t17-/m1/s1. The number of alkyl halides is 3. The Morgan fingerprint density at radius 2 is 1.90 bits per heavy atom. The largest absolute Gasteiger partial charge is 0.482 e. The summed E-state index contributed by atoms with van der Waals surface area (Å²) in [5.41, 5.74) is 0.746. The smallest absolute Gasteiger partial charge is 0.422 e. The van der Waals surface area contributed by atoms with Gasteiger partial charge in [0, 0.05) is 17.9 Å². The fourth-order valence-electron chi connectivity index (χ4n) is 2.80. The van der Waals surface area contributed by atoms with Gasteiger partial charge in [0.25, 0.3) is 11.8 Å². The van der Waals surface area contributed by atoms with Crippen LogP contribution in [0.2, 0.25) is 0 Å². The second-order valence-corrected chi connectivity index (χ2v) is 6.43. The molecule has 6 nitrogen and oxygen atoms in total. The van der Waals surface area contributed by atoms with Crippen molar-refractivity contribution < 1.29 is 32.2 Å². The van der Waals surface area contributed by atoms with Crippen molar-refractivity contribution in [3.8, 4) is 5.75 Å². The van der Waals surface area contributed by atoms with E-state index in [1.165, 1.54) is 30.3 Å². The minimum atomic E-state index is -4.49. The number of anilines is 2. The van der Waals surface area contributed by atoms with Gasteiger partial charge in [-0.15, -0.1) is 0 Å². The molecule has 2 N–H and O–H groups in total. The normalized spacial score (nSPS) is 16.3. The number of ether oxygens (including phenoxy) is 2. The summed E-state index contributed by atoms with van der Waals surface area (Å²) >= 11 is 0. The summed E-state index contributed by atoms with van der Waals surface area (Å²) in [6, 6.07) is 12.1. The van der Waals surface area contributed by atoms with E-state index < -0.39 is 24.8 Å². The first-order valence-corrected chi connectivity index (χ1v) is 8.94. The summed E-state index contributed by atoms with van der Waals surface area (Å²) in [5.74, 6) is -0.937. The first-order valence-electron chi connectivity index (χ1n) is 8.94. The van der Waals surface area contributed by atoms with Crippen LogP contribution in [0.4, 0.5) is 24.5 Å². The van der Waals surface area contributed by atoms with E-state index in [2.05, 4.69) is 10.6 Å². The predicted octanol–water partition coefficient (Wildman–Crippen LogP) is 4.00. The second-order valence-electron chi connectivity index (χ2n) is 6.43. The number of carbonyl (C=O) groups excluding carboxylic acids is 2. The predicted molar refractivity (Wildman–Crippen MR) is 100.0 cm³/mol. The average molecular weight is 408 g/mol. The molecule has 0 bridgehead atoms. The fourth-order valence-corrected chi connectivity index (χ4v) is 2.80. The van der Waals surface area contributed by atoms with Gasteiger partial charge in [0.05, 0.1) is 5.69 Å². The molecule has 1 fully saturated rings. The Bertz CT molecular complexity index is 880. The summed E-state index contributed by atoms with van der Waals surface area (Å²) < 4.78 is 47.3. The molecule has 154 valence electrons. The molecule has 0 aromatic heterocycles. The van der Waals surface area contributed by atoms with Crippen LogP contribution in [0.1, 0.15) is 23.2 Å². The van der Waals surface area contributed by atoms with Crippen molar-refractivity contribution in [1.29, 1.82) is 0 Å². The maximum atomic E-state index is 12.5. The molecule has 3 rings (SSSR count). The molecular weight excluding hydrogens is 389 g/mol. The Hall–Kier alpha value is -3.07. The van der Waals surface area contributed by atoms with Crippen LogP contribution >= 0.6 is 0 Å². The van der Waals surface area contributed by atoms with Gasteiger partial charge in [-0.1, -0.05) is 18.2 Å². The van der Waals surface area contributed by atoms with E-state index in [4.69, 9.17) is 9.47 Å². The zero-order valence-corrected chi connectivity index (χ0v) is 15.3. The van der Waals surface area contributed by atoms with Crippen molar-refractivity contribution in [3.05, 3.63) is 54.1 Å². The number of carbonyl (C=O) groups is 2. The van der Waals surface area contributed by atoms with Gasteiger partial charge in [0.1, 0.15) is 11.9 Å². The highest BCUT2D eigenvalue weighted by molar-refractivity contribution is 6.06. The highest BCUT2D eigenvalue weighted by atomic mass is 19.4. The molecule has 1 heterocycles. The fraction of sp³-hybridized carbons (Fsp3) is 0.300. The van der Waals surface area contributed by atoms with E-state index in [-0.39, 0.29) is 22.9 Å². The van der Waals surface area contributed by atoms with E-state index >= 15 is 0 Å². The second kappa shape index (κ2) is 8.95. The van der Waals surface area contributed by atoms with E-state index in [1.54, 1.807) is 18.2 Å². The van der Waals surface area contributed by atoms with E-state index in [9.17, 15) is 22.8 Å². The lowest BCUT2D eigenvalue weighted by Gasteiger charge is -2.14. The van der Waals surface area contributed by atoms with E-state index in [0.717, 1.165) is 6.42 Å². The van der Waals surface area contributed by atoms with Gasteiger partial charge in [-0.25, -0.2) is 0 Å². The topological polar surface area (TPSA) is 76.7 Å². The number of halogens is 3. The minimum absolute atomic E-state index is 0.0963. The molecule has 29 heavy (non-hydrogen) atoms. The molecule has 0 aliphatic carbocycles. The summed E-state index contributed by atoms with van der Waals surface area (Å²) in [7, 11) is 0. The van der Waals surface area contributed by atoms with Crippen LogP contribution in [0.25, 0.3) is 0 Å². The lowest BCUT2D eigenvalue weighted by Crippen LogP contribution is -2.27. The third-order valence-corrected chi connectivity index (χ3v) is 4.14. The lowest BCUT2D eigenvalue weighted by atomic mass is 10.1. The maximum absolute atomic E-state index is 12.5. The summed E-state index contributed by atoms with van der Waals surface area (Å²) in [6.45, 7) is -0.930. The molecule has 1 saturated heterocycles. The molecule has 0 unspecified atom stereocenters. The molecule has 1 aliphatic rings. The number of hydrogen-bond donors (Lipinski definition) is 2. The van der Waals surface area contributed by atoms with Crippen LogP contribution in [0.5, 0.6) is 5.75 Å². The molecule has 0 spiro atoms. The monoisotopic (exact) mass is 408 g/mol. The summed E-state index contributed by atoms with van der Waals surface area (Å²) in [4.78, 5) is 24.7. The van der Waals surface area contributed by atoms with Crippen LogP contribution in [-0.2, 0) is 9.53 Å². The quantitative estimate of drug-likeness (QED) is 0.758. The van der Waals surface area contributed by atoms with Crippen molar-refractivity contribution in [1.82, 2.24) is 0 Å². The Labute approximate surface area is 165 Å². The Balaban J connectivity index is 1.67. The van der Waals surface area contributed by atoms with E-state index in [1.807, 2.05) is 0 Å². The minimum Gasteiger partial charge on any atom is -0.482 e. The zero-order valence-electron chi connectivity index (χ0n) is 15.3. The van der Waals surface area contributed by atoms with Crippen molar-refractivity contribution in [3.63, 3.8) is 0 Å². The highest BCUT2D eigenvalue weighted by Gasteiger charge is 2.29. The van der Waals surface area contributed by atoms with Crippen molar-refractivity contribution in [2.75, 3.05) is 23.8 Å². The molecule has 2 aromatic rings. The lowest BCUT2D eigenvalue weighted by molar-refractivity contribution is -0.153. The Kier molecular flexibility index (Phi) is 6.38. The van der Waals surface area contributed by atoms with Crippen molar-refractivity contribution in [2.45, 2.75) is 25.1 Å². The SMILES string of the molecule is O=C(Nc1ccccc1OCC(F)(F)F)c1cccc(NC(=O)[C@H]2CCCO2)c1. The van der Waals surface area contributed by atoms with Crippen LogP contribution in [0, 0.1) is 0 Å². The van der Waals surface area contributed by atoms with E-state index in [0.29, 0.717) is 18.7 Å². The number of benzene rings is 2. The van der Waals surface area contributed by atoms with Crippen LogP contribution in [0.15, 0.2) is 48.5 Å². The van der Waals surface area contributed by atoms with Gasteiger partial charge in [0.2, 0.25) is 0 Å². The molecule has 0 saturated carbocycles. The molecule has 9 heteroatoms. The maximum Gasteiger partial charge on any atom is 0.422 e.